The van der Waals surface area contributed by atoms with Gasteiger partial charge in [-0.15, -0.1) is 0 Å². The molecule has 4 N–H and O–H groups in total. The van der Waals surface area contributed by atoms with Crippen LogP contribution in [0.3, 0.4) is 0 Å². The first kappa shape index (κ1) is 43.6. The number of rotatable bonds is 34. The quantitative estimate of drug-likeness (QED) is 0.0419. The molecule has 0 bridgehead atoms. The van der Waals surface area contributed by atoms with E-state index >= 15 is 0 Å². The Bertz CT molecular complexity index is 704. The molecule has 5 nitrogen and oxygen atoms in total. The summed E-state index contributed by atoms with van der Waals surface area (Å²) in [7, 11) is 0. The van der Waals surface area contributed by atoms with Gasteiger partial charge in [0.2, 0.25) is 5.91 Å². The van der Waals surface area contributed by atoms with Crippen molar-refractivity contribution in [1.29, 1.82) is 0 Å². The van der Waals surface area contributed by atoms with Crippen LogP contribution < -0.4 is 5.32 Å². The van der Waals surface area contributed by atoms with Gasteiger partial charge < -0.3 is 20.6 Å². The zero-order chi connectivity index (χ0) is 33.1. The number of hydrogen-bond donors (Lipinski definition) is 4. The van der Waals surface area contributed by atoms with Gasteiger partial charge in [0.1, 0.15) is 0 Å². The highest BCUT2D eigenvalue weighted by atomic mass is 16.3. The molecular formula is C40H75NO4. The Morgan fingerprint density at radius 1 is 0.578 bits per heavy atom. The molecule has 0 aliphatic heterocycles. The molecular weight excluding hydrogens is 558 g/mol. The maximum atomic E-state index is 12.3. The number of nitrogens with one attached hydrogen (secondary N) is 1. The van der Waals surface area contributed by atoms with Crippen LogP contribution >= 0.6 is 0 Å². The average Bonchev–Trinajstić information content (AvgIpc) is 3.03. The molecule has 0 aromatic rings. The molecule has 0 aliphatic carbocycles. The van der Waals surface area contributed by atoms with Gasteiger partial charge in [-0.05, 0) is 51.4 Å². The number of carbonyl (C=O) groups is 1. The number of unbranched alkanes of at least 4 members (excludes halogenated alkanes) is 21. The van der Waals surface area contributed by atoms with E-state index in [2.05, 4.69) is 43.5 Å². The fraction of sp³-hybridized carbons (Fsp3) is 0.825. The predicted molar refractivity (Wildman–Crippen MR) is 194 cm³/mol. The third-order valence-corrected chi connectivity index (χ3v) is 8.67. The van der Waals surface area contributed by atoms with Crippen molar-refractivity contribution in [1.82, 2.24) is 5.32 Å². The summed E-state index contributed by atoms with van der Waals surface area (Å²) in [5.74, 6) is -0.328. The van der Waals surface area contributed by atoms with E-state index in [1.165, 1.54) is 116 Å². The molecule has 0 radical (unpaired) electrons. The van der Waals surface area contributed by atoms with Crippen LogP contribution in [-0.4, -0.2) is 46.1 Å². The molecule has 0 spiro atoms. The fourth-order valence-electron chi connectivity index (χ4n) is 5.66. The number of carbonyl (C=O) groups excluding carboxylic acids is 1. The molecule has 0 aromatic carbocycles. The highest BCUT2D eigenvalue weighted by Crippen LogP contribution is 2.13. The van der Waals surface area contributed by atoms with Crippen LogP contribution in [-0.2, 0) is 4.79 Å². The molecule has 3 atom stereocenters. The Morgan fingerprint density at radius 3 is 1.47 bits per heavy atom. The van der Waals surface area contributed by atoms with E-state index in [1.54, 1.807) is 6.08 Å². The van der Waals surface area contributed by atoms with Crippen molar-refractivity contribution in [2.75, 3.05) is 6.61 Å². The molecule has 0 aromatic heterocycles. The maximum Gasteiger partial charge on any atom is 0.222 e. The van der Waals surface area contributed by atoms with E-state index in [0.29, 0.717) is 6.42 Å². The van der Waals surface area contributed by atoms with Crippen molar-refractivity contribution in [3.8, 4) is 0 Å². The summed E-state index contributed by atoms with van der Waals surface area (Å²) in [5.41, 5.74) is 0. The summed E-state index contributed by atoms with van der Waals surface area (Å²) in [5, 5.41) is 32.9. The Kier molecular flexibility index (Phi) is 34.3. The van der Waals surface area contributed by atoms with Crippen LogP contribution in [0.5, 0.6) is 0 Å². The van der Waals surface area contributed by atoms with Crippen molar-refractivity contribution in [2.24, 2.45) is 0 Å². The lowest BCUT2D eigenvalue weighted by atomic mass is 10.0. The van der Waals surface area contributed by atoms with Crippen LogP contribution in [0.15, 0.2) is 36.5 Å². The second kappa shape index (κ2) is 35.4. The van der Waals surface area contributed by atoms with Crippen LogP contribution in [0.1, 0.15) is 187 Å². The standard InChI is InChI=1S/C40H75NO4/c1-3-5-7-9-11-13-14-15-16-17-18-19-20-21-22-23-24-26-27-29-31-33-37(43)35-40(45)41-38(36-42)39(44)34-32-30-28-25-12-10-8-6-4-2/h18-19,21-22,32,34,37-39,42-44H,3-17,20,23-31,33,35-36H2,1-2H3,(H,41,45)/b19-18-,22-21-,34-32+. The first-order chi connectivity index (χ1) is 22.0. The highest BCUT2D eigenvalue weighted by molar-refractivity contribution is 5.76. The fourth-order valence-corrected chi connectivity index (χ4v) is 5.66. The first-order valence-electron chi connectivity index (χ1n) is 19.3. The Hall–Kier alpha value is -1.43. The topological polar surface area (TPSA) is 89.8 Å². The lowest BCUT2D eigenvalue weighted by molar-refractivity contribution is -0.124. The predicted octanol–water partition coefficient (Wildman–Crippen LogP) is 10.4. The van der Waals surface area contributed by atoms with Crippen LogP contribution in [0.2, 0.25) is 0 Å². The van der Waals surface area contributed by atoms with E-state index in [-0.39, 0.29) is 18.9 Å². The van der Waals surface area contributed by atoms with Gasteiger partial charge in [-0.25, -0.2) is 0 Å². The number of allylic oxidation sites excluding steroid dienone is 5. The van der Waals surface area contributed by atoms with Gasteiger partial charge in [-0.3, -0.25) is 4.79 Å². The van der Waals surface area contributed by atoms with Crippen molar-refractivity contribution in [3.05, 3.63) is 36.5 Å². The summed E-state index contributed by atoms with van der Waals surface area (Å²) in [6.07, 6.45) is 42.8. The first-order valence-corrected chi connectivity index (χ1v) is 19.3. The van der Waals surface area contributed by atoms with Gasteiger partial charge in [-0.1, -0.05) is 166 Å². The highest BCUT2D eigenvalue weighted by Gasteiger charge is 2.20. The number of amides is 1. The van der Waals surface area contributed by atoms with E-state index in [4.69, 9.17) is 0 Å². The minimum absolute atomic E-state index is 0.00337. The molecule has 0 aliphatic rings. The molecule has 0 saturated carbocycles. The van der Waals surface area contributed by atoms with E-state index in [9.17, 15) is 20.1 Å². The molecule has 45 heavy (non-hydrogen) atoms. The van der Waals surface area contributed by atoms with E-state index < -0.39 is 18.2 Å². The maximum absolute atomic E-state index is 12.3. The summed E-state index contributed by atoms with van der Waals surface area (Å²) in [4.78, 5) is 12.3. The molecule has 0 fully saturated rings. The Balaban J connectivity index is 3.70. The second-order valence-electron chi connectivity index (χ2n) is 13.2. The Labute approximate surface area is 279 Å². The molecule has 0 rings (SSSR count). The van der Waals surface area contributed by atoms with E-state index in [1.807, 2.05) is 6.08 Å². The van der Waals surface area contributed by atoms with Gasteiger partial charge in [0.05, 0.1) is 31.3 Å². The molecule has 1 amide bonds. The zero-order valence-electron chi connectivity index (χ0n) is 29.7. The zero-order valence-corrected chi connectivity index (χ0v) is 29.7. The Morgan fingerprint density at radius 2 is 1.00 bits per heavy atom. The number of aliphatic hydroxyl groups excluding tert-OH is 3. The van der Waals surface area contributed by atoms with Crippen molar-refractivity contribution < 1.29 is 20.1 Å². The summed E-state index contributed by atoms with van der Waals surface area (Å²) < 4.78 is 0. The normalized spacial score (nSPS) is 14.2. The van der Waals surface area contributed by atoms with Crippen molar-refractivity contribution in [2.45, 2.75) is 205 Å². The third kappa shape index (κ3) is 32.3. The second-order valence-corrected chi connectivity index (χ2v) is 13.2. The SMILES string of the molecule is CCCCCCCCC/C=C/C(O)C(CO)NC(=O)CC(O)CCCCCCC/C=C\C/C=C\CCCCCCCCCCC. The summed E-state index contributed by atoms with van der Waals surface area (Å²) in [6.45, 7) is 4.16. The van der Waals surface area contributed by atoms with Crippen LogP contribution in [0, 0.1) is 0 Å². The monoisotopic (exact) mass is 634 g/mol. The van der Waals surface area contributed by atoms with Crippen LogP contribution in [0.25, 0.3) is 0 Å². The van der Waals surface area contributed by atoms with Gasteiger partial charge in [0, 0.05) is 0 Å². The minimum Gasteiger partial charge on any atom is -0.394 e. The smallest absolute Gasteiger partial charge is 0.222 e. The number of hydrogen-bond acceptors (Lipinski definition) is 4. The van der Waals surface area contributed by atoms with E-state index in [0.717, 1.165) is 44.9 Å². The number of aliphatic hydroxyl groups is 3. The van der Waals surface area contributed by atoms with Crippen LogP contribution in [0.4, 0.5) is 0 Å². The van der Waals surface area contributed by atoms with Gasteiger partial charge in [0.25, 0.3) is 0 Å². The lowest BCUT2D eigenvalue weighted by Crippen LogP contribution is -2.45. The largest absolute Gasteiger partial charge is 0.394 e. The molecule has 264 valence electrons. The average molecular weight is 634 g/mol. The molecule has 0 saturated heterocycles. The molecule has 5 heteroatoms. The molecule has 0 heterocycles. The minimum atomic E-state index is -0.929. The van der Waals surface area contributed by atoms with Gasteiger partial charge in [0.15, 0.2) is 0 Å². The summed E-state index contributed by atoms with van der Waals surface area (Å²) >= 11 is 0. The lowest BCUT2D eigenvalue weighted by Gasteiger charge is -2.21. The molecule has 3 unspecified atom stereocenters. The van der Waals surface area contributed by atoms with Crippen molar-refractivity contribution in [3.63, 3.8) is 0 Å². The van der Waals surface area contributed by atoms with Gasteiger partial charge >= 0.3 is 0 Å². The van der Waals surface area contributed by atoms with Gasteiger partial charge in [-0.2, -0.15) is 0 Å². The van der Waals surface area contributed by atoms with Crippen molar-refractivity contribution >= 4 is 5.91 Å². The summed E-state index contributed by atoms with van der Waals surface area (Å²) in [6, 6.07) is -0.746. The third-order valence-electron chi connectivity index (χ3n) is 8.67.